The molecule has 2 aliphatic heterocycles. The number of hydrogen-bond acceptors (Lipinski definition) is 4. The lowest BCUT2D eigenvalue weighted by atomic mass is 10.0. The highest BCUT2D eigenvalue weighted by Gasteiger charge is 2.37. The molecule has 2 heterocycles. The second-order valence-electron chi connectivity index (χ2n) is 6.04. The zero-order valence-electron chi connectivity index (χ0n) is 11.1. The van der Waals surface area contributed by atoms with Crippen molar-refractivity contribution in [2.75, 3.05) is 19.1 Å². The van der Waals surface area contributed by atoms with Crippen LogP contribution in [0.4, 0.5) is 5.69 Å². The summed E-state index contributed by atoms with van der Waals surface area (Å²) in [5.41, 5.74) is 9.13. The van der Waals surface area contributed by atoms with Gasteiger partial charge in [-0.1, -0.05) is 0 Å². The predicted molar refractivity (Wildman–Crippen MR) is 72.7 cm³/mol. The van der Waals surface area contributed by atoms with Crippen molar-refractivity contribution < 1.29 is 9.47 Å². The van der Waals surface area contributed by atoms with Crippen molar-refractivity contribution in [2.24, 2.45) is 5.92 Å². The summed E-state index contributed by atoms with van der Waals surface area (Å²) in [4.78, 5) is 2.60. The van der Waals surface area contributed by atoms with Gasteiger partial charge in [0, 0.05) is 35.9 Å². The molecule has 1 aliphatic carbocycles. The summed E-state index contributed by atoms with van der Waals surface area (Å²) in [5.74, 6) is 1.93. The largest absolute Gasteiger partial charge is 0.467 e. The minimum absolute atomic E-state index is 0.357. The van der Waals surface area contributed by atoms with Crippen LogP contribution >= 0.6 is 0 Å². The Hall–Kier alpha value is -1.26. The number of anilines is 1. The molecule has 2 fully saturated rings. The number of rotatable bonds is 2. The molecule has 102 valence electrons. The summed E-state index contributed by atoms with van der Waals surface area (Å²) in [5, 5.41) is 0. The molecule has 1 aromatic rings. The molecule has 0 aromatic heterocycles. The van der Waals surface area contributed by atoms with Gasteiger partial charge >= 0.3 is 0 Å². The van der Waals surface area contributed by atoms with Crippen LogP contribution in [0, 0.1) is 5.92 Å². The lowest BCUT2D eigenvalue weighted by molar-refractivity contribution is -0.0175. The first kappa shape index (κ1) is 11.6. The van der Waals surface area contributed by atoms with Gasteiger partial charge < -0.3 is 15.2 Å². The van der Waals surface area contributed by atoms with Gasteiger partial charge in [0.15, 0.2) is 6.79 Å². The summed E-state index contributed by atoms with van der Waals surface area (Å²) < 4.78 is 11.0. The molecular weight excluding hydrogens is 240 g/mol. The van der Waals surface area contributed by atoms with Gasteiger partial charge in [0.05, 0.1) is 6.61 Å². The fourth-order valence-electron chi connectivity index (χ4n) is 3.88. The Morgan fingerprint density at radius 1 is 1.32 bits per heavy atom. The van der Waals surface area contributed by atoms with E-state index in [9.17, 15) is 0 Å². The molecule has 4 nitrogen and oxygen atoms in total. The van der Waals surface area contributed by atoms with Crippen molar-refractivity contribution in [3.63, 3.8) is 0 Å². The van der Waals surface area contributed by atoms with Gasteiger partial charge in [0.2, 0.25) is 0 Å². The van der Waals surface area contributed by atoms with E-state index in [0.717, 1.165) is 35.5 Å². The molecule has 1 aromatic carbocycles. The number of nitrogens with two attached hydrogens (primary N) is 1. The number of piperidine rings is 1. The predicted octanol–water partition coefficient (Wildman–Crippen LogP) is 2.12. The van der Waals surface area contributed by atoms with E-state index < -0.39 is 0 Å². The maximum absolute atomic E-state index is 6.00. The van der Waals surface area contributed by atoms with E-state index in [1.807, 2.05) is 6.07 Å². The van der Waals surface area contributed by atoms with E-state index in [0.29, 0.717) is 13.4 Å². The maximum atomic E-state index is 6.00. The van der Waals surface area contributed by atoms with Crippen LogP contribution in [0.15, 0.2) is 12.1 Å². The first-order valence-electron chi connectivity index (χ1n) is 7.15. The highest BCUT2D eigenvalue weighted by Crippen LogP contribution is 2.40. The molecule has 1 saturated heterocycles. The second kappa shape index (κ2) is 4.39. The maximum Gasteiger partial charge on any atom is 0.189 e. The Balaban J connectivity index is 1.62. The molecule has 2 N–H and O–H groups in total. The quantitative estimate of drug-likeness (QED) is 0.827. The highest BCUT2D eigenvalue weighted by atomic mass is 16.7. The van der Waals surface area contributed by atoms with Crippen LogP contribution < -0.4 is 10.5 Å². The smallest absolute Gasteiger partial charge is 0.189 e. The number of nitrogens with zero attached hydrogens (tertiary/aromatic N) is 1. The van der Waals surface area contributed by atoms with Gasteiger partial charge in [-0.25, -0.2) is 0 Å². The number of nitrogen functional groups attached to an aromatic ring is 1. The van der Waals surface area contributed by atoms with Crippen molar-refractivity contribution in [3.05, 3.63) is 23.3 Å². The molecule has 0 spiro atoms. The van der Waals surface area contributed by atoms with Crippen molar-refractivity contribution >= 4 is 5.69 Å². The van der Waals surface area contributed by atoms with Crippen LogP contribution in [-0.4, -0.2) is 24.3 Å². The normalized spacial score (nSPS) is 29.3. The molecule has 19 heavy (non-hydrogen) atoms. The Morgan fingerprint density at radius 3 is 3.05 bits per heavy atom. The van der Waals surface area contributed by atoms with Gasteiger partial charge in [-0.3, -0.25) is 4.90 Å². The summed E-state index contributed by atoms with van der Waals surface area (Å²) in [6.45, 7) is 3.18. The van der Waals surface area contributed by atoms with Crippen LogP contribution in [0.25, 0.3) is 0 Å². The topological polar surface area (TPSA) is 47.7 Å². The molecule has 4 rings (SSSR count). The monoisotopic (exact) mass is 260 g/mol. The highest BCUT2D eigenvalue weighted by molar-refractivity contribution is 5.53. The number of hydrogen-bond donors (Lipinski definition) is 1. The Bertz CT molecular complexity index is 503. The van der Waals surface area contributed by atoms with Gasteiger partial charge in [-0.05, 0) is 37.3 Å². The van der Waals surface area contributed by atoms with Crippen LogP contribution in [-0.2, 0) is 17.9 Å². The van der Waals surface area contributed by atoms with E-state index in [1.165, 1.54) is 31.4 Å². The molecule has 1 saturated carbocycles. The Morgan fingerprint density at radius 2 is 2.26 bits per heavy atom. The van der Waals surface area contributed by atoms with Crippen molar-refractivity contribution in [2.45, 2.75) is 38.5 Å². The summed E-state index contributed by atoms with van der Waals surface area (Å²) in [6.07, 6.45) is 4.16. The van der Waals surface area contributed by atoms with Crippen molar-refractivity contribution in [1.29, 1.82) is 0 Å². The molecule has 0 radical (unpaired) electrons. The molecule has 2 atom stereocenters. The van der Waals surface area contributed by atoms with Crippen LogP contribution in [0.5, 0.6) is 5.75 Å². The number of benzene rings is 1. The van der Waals surface area contributed by atoms with E-state index in [-0.39, 0.29) is 0 Å². The van der Waals surface area contributed by atoms with E-state index in [2.05, 4.69) is 11.0 Å². The number of fused-ring (bicyclic) bond motifs is 3. The average Bonchev–Trinajstić information content (AvgIpc) is 3.01. The first-order valence-corrected chi connectivity index (χ1v) is 7.15. The molecule has 2 unspecified atom stereocenters. The van der Waals surface area contributed by atoms with E-state index in [4.69, 9.17) is 15.2 Å². The molecule has 3 aliphatic rings. The van der Waals surface area contributed by atoms with E-state index >= 15 is 0 Å². The van der Waals surface area contributed by atoms with E-state index in [1.54, 1.807) is 0 Å². The Labute approximate surface area is 113 Å². The third-order valence-electron chi connectivity index (χ3n) is 4.71. The van der Waals surface area contributed by atoms with Crippen LogP contribution in [0.2, 0.25) is 0 Å². The molecule has 4 heteroatoms. The first-order chi connectivity index (χ1) is 9.29. The van der Waals surface area contributed by atoms with Gasteiger partial charge in [0.25, 0.3) is 0 Å². The third-order valence-corrected chi connectivity index (χ3v) is 4.71. The molecular formula is C15H20N2O2. The SMILES string of the molecule is Nc1cc2c(c(CN3CC4CCC3C4)c1)OCOC2. The zero-order chi connectivity index (χ0) is 12.8. The molecule has 2 bridgehead atoms. The molecule has 0 amide bonds. The summed E-state index contributed by atoms with van der Waals surface area (Å²) >= 11 is 0. The third kappa shape index (κ3) is 1.99. The minimum Gasteiger partial charge on any atom is -0.467 e. The van der Waals surface area contributed by atoms with Gasteiger partial charge in [0.1, 0.15) is 5.75 Å². The van der Waals surface area contributed by atoms with Gasteiger partial charge in [-0.2, -0.15) is 0 Å². The fourth-order valence-corrected chi connectivity index (χ4v) is 3.88. The average molecular weight is 260 g/mol. The lowest BCUT2D eigenvalue weighted by Gasteiger charge is -2.29. The van der Waals surface area contributed by atoms with Crippen molar-refractivity contribution in [1.82, 2.24) is 4.90 Å². The lowest BCUT2D eigenvalue weighted by Crippen LogP contribution is -2.32. The van der Waals surface area contributed by atoms with Crippen LogP contribution in [0.1, 0.15) is 30.4 Å². The number of likely N-dealkylation sites (tertiary alicyclic amines) is 1. The summed E-state index contributed by atoms with van der Waals surface area (Å²) in [7, 11) is 0. The minimum atomic E-state index is 0.357. The number of ether oxygens (including phenoxy) is 2. The second-order valence-corrected chi connectivity index (χ2v) is 6.04. The Kier molecular flexibility index (Phi) is 2.67. The van der Waals surface area contributed by atoms with Crippen LogP contribution in [0.3, 0.4) is 0 Å². The van der Waals surface area contributed by atoms with Crippen molar-refractivity contribution in [3.8, 4) is 5.75 Å². The summed E-state index contributed by atoms with van der Waals surface area (Å²) in [6, 6.07) is 4.81. The zero-order valence-corrected chi connectivity index (χ0v) is 11.1. The fraction of sp³-hybridized carbons (Fsp3) is 0.600. The van der Waals surface area contributed by atoms with Gasteiger partial charge in [-0.15, -0.1) is 0 Å². The standard InChI is InChI=1S/C15H20N2O2/c16-13-4-11(15-12(5-13)8-18-9-19-15)7-17-6-10-1-2-14(17)3-10/h4-5,10,14H,1-3,6-9,16H2.